The average Bonchev–Trinajstić information content (AvgIpc) is 1.83. The van der Waals surface area contributed by atoms with Gasteiger partial charge < -0.3 is 0 Å². The van der Waals surface area contributed by atoms with E-state index < -0.39 is 0 Å². The summed E-state index contributed by atoms with van der Waals surface area (Å²) in [6.45, 7) is 4.22. The molecule has 1 rings (SSSR count). The number of carbonyl (C=O) groups excluding carboxylic acids is 1. The summed E-state index contributed by atoms with van der Waals surface area (Å²) >= 11 is 3.45. The summed E-state index contributed by atoms with van der Waals surface area (Å²) < 4.78 is 1.25. The van der Waals surface area contributed by atoms with Crippen LogP contribution in [0.4, 0.5) is 0 Å². The third kappa shape index (κ3) is 2.56. The number of hydrogen-bond acceptors (Lipinski definition) is 3. The minimum Gasteiger partial charge on any atom is -0.295 e. The van der Waals surface area contributed by atoms with Crippen LogP contribution in [0, 0.1) is 0 Å². The first kappa shape index (κ1) is 9.20. The maximum Gasteiger partial charge on any atom is 0.158 e. The van der Waals surface area contributed by atoms with Crippen LogP contribution in [-0.4, -0.2) is 16.8 Å². The Morgan fingerprint density at radius 3 is 2.73 bits per heavy atom. The normalized spacial score (nSPS) is 23.2. The van der Waals surface area contributed by atoms with Crippen molar-refractivity contribution < 1.29 is 4.79 Å². The fraction of sp³-hybridized carbons (Fsp3) is 0.625. The SMILES string of the molecule is CSC1=CC(=O)CC(C)(C)S1. The van der Waals surface area contributed by atoms with Gasteiger partial charge in [0.15, 0.2) is 5.78 Å². The highest BCUT2D eigenvalue weighted by Crippen LogP contribution is 2.42. The number of thioether (sulfide) groups is 2. The molecule has 62 valence electrons. The van der Waals surface area contributed by atoms with Crippen molar-refractivity contribution in [2.75, 3.05) is 6.26 Å². The standard InChI is InChI=1S/C8H12OS2/c1-8(2)5-6(9)4-7(10-3)11-8/h4H,5H2,1-3H3. The molecular weight excluding hydrogens is 176 g/mol. The molecule has 0 amide bonds. The Labute approximate surface area is 76.0 Å². The molecule has 0 atom stereocenters. The molecule has 11 heavy (non-hydrogen) atoms. The molecular formula is C8H12OS2. The van der Waals surface area contributed by atoms with E-state index in [0.717, 1.165) is 4.24 Å². The lowest BCUT2D eigenvalue weighted by molar-refractivity contribution is -0.115. The van der Waals surface area contributed by atoms with Crippen molar-refractivity contribution in [2.45, 2.75) is 25.0 Å². The monoisotopic (exact) mass is 188 g/mol. The summed E-state index contributed by atoms with van der Waals surface area (Å²) in [6.07, 6.45) is 4.43. The van der Waals surface area contributed by atoms with Gasteiger partial charge in [-0.1, -0.05) is 0 Å². The minimum absolute atomic E-state index is 0.101. The van der Waals surface area contributed by atoms with E-state index in [1.807, 2.05) is 6.26 Å². The molecule has 1 aliphatic heterocycles. The fourth-order valence-corrected chi connectivity index (χ4v) is 3.25. The van der Waals surface area contributed by atoms with Crippen molar-refractivity contribution >= 4 is 29.3 Å². The maximum absolute atomic E-state index is 11.1. The van der Waals surface area contributed by atoms with E-state index in [9.17, 15) is 4.79 Å². The molecule has 0 aliphatic carbocycles. The molecule has 0 saturated carbocycles. The van der Waals surface area contributed by atoms with Crippen LogP contribution in [0.5, 0.6) is 0 Å². The second kappa shape index (κ2) is 3.23. The lowest BCUT2D eigenvalue weighted by Crippen LogP contribution is -2.22. The average molecular weight is 188 g/mol. The van der Waals surface area contributed by atoms with Gasteiger partial charge in [-0.05, 0) is 20.1 Å². The van der Waals surface area contributed by atoms with Crippen LogP contribution in [0.15, 0.2) is 10.3 Å². The molecule has 0 aromatic rings. The second-order valence-corrected chi connectivity index (χ2v) is 6.03. The Morgan fingerprint density at radius 2 is 2.27 bits per heavy atom. The number of ketones is 1. The van der Waals surface area contributed by atoms with Gasteiger partial charge in [0.05, 0.1) is 0 Å². The lowest BCUT2D eigenvalue weighted by Gasteiger charge is -2.26. The molecule has 0 radical (unpaired) electrons. The third-order valence-electron chi connectivity index (χ3n) is 1.46. The van der Waals surface area contributed by atoms with Crippen molar-refractivity contribution in [2.24, 2.45) is 0 Å². The van der Waals surface area contributed by atoms with E-state index in [0.29, 0.717) is 6.42 Å². The molecule has 0 N–H and O–H groups in total. The quantitative estimate of drug-likeness (QED) is 0.630. The zero-order valence-electron chi connectivity index (χ0n) is 7.01. The van der Waals surface area contributed by atoms with Gasteiger partial charge >= 0.3 is 0 Å². The summed E-state index contributed by atoms with van der Waals surface area (Å²) in [7, 11) is 0. The first-order valence-corrected chi connectivity index (χ1v) is 5.55. The third-order valence-corrected chi connectivity index (χ3v) is 3.74. The molecule has 0 unspecified atom stereocenters. The molecule has 1 aliphatic rings. The van der Waals surface area contributed by atoms with Crippen LogP contribution in [0.25, 0.3) is 0 Å². The Morgan fingerprint density at radius 1 is 1.64 bits per heavy atom. The van der Waals surface area contributed by atoms with E-state index in [4.69, 9.17) is 0 Å². The van der Waals surface area contributed by atoms with Crippen molar-refractivity contribution in [3.8, 4) is 0 Å². The highest BCUT2D eigenvalue weighted by molar-refractivity contribution is 8.22. The molecule has 0 fully saturated rings. The van der Waals surface area contributed by atoms with E-state index in [2.05, 4.69) is 13.8 Å². The summed E-state index contributed by atoms with van der Waals surface area (Å²) in [5.74, 6) is 0.262. The van der Waals surface area contributed by atoms with Gasteiger partial charge in [0.25, 0.3) is 0 Å². The lowest BCUT2D eigenvalue weighted by atomic mass is 10.1. The molecule has 0 bridgehead atoms. The Balaban J connectivity index is 2.78. The van der Waals surface area contributed by atoms with E-state index >= 15 is 0 Å². The van der Waals surface area contributed by atoms with Crippen LogP contribution in [0.2, 0.25) is 0 Å². The second-order valence-electron chi connectivity index (χ2n) is 3.17. The minimum atomic E-state index is 0.101. The zero-order valence-corrected chi connectivity index (χ0v) is 8.64. The van der Waals surface area contributed by atoms with Gasteiger partial charge in [0.1, 0.15) is 0 Å². The smallest absolute Gasteiger partial charge is 0.158 e. The molecule has 3 heteroatoms. The first-order valence-electron chi connectivity index (χ1n) is 3.51. The number of carbonyl (C=O) groups is 1. The number of hydrogen-bond donors (Lipinski definition) is 0. The van der Waals surface area contributed by atoms with Gasteiger partial charge in [-0.25, -0.2) is 0 Å². The van der Waals surface area contributed by atoms with Crippen LogP contribution in [0.3, 0.4) is 0 Å². The van der Waals surface area contributed by atoms with E-state index in [1.54, 1.807) is 29.6 Å². The fourth-order valence-electron chi connectivity index (χ4n) is 1.04. The van der Waals surface area contributed by atoms with Crippen molar-refractivity contribution in [3.63, 3.8) is 0 Å². The van der Waals surface area contributed by atoms with Crippen LogP contribution < -0.4 is 0 Å². The Hall–Kier alpha value is 0.110. The predicted octanol–water partition coefficient (Wildman–Crippen LogP) is 2.68. The van der Waals surface area contributed by atoms with E-state index in [1.165, 1.54) is 0 Å². The zero-order chi connectivity index (χ0) is 8.48. The summed E-state index contributed by atoms with van der Waals surface area (Å²) in [4.78, 5) is 11.1. The van der Waals surface area contributed by atoms with Gasteiger partial charge in [-0.2, -0.15) is 0 Å². The predicted molar refractivity (Wildman–Crippen MR) is 52.9 cm³/mol. The first-order chi connectivity index (χ1) is 5.03. The largest absolute Gasteiger partial charge is 0.295 e. The number of rotatable bonds is 1. The van der Waals surface area contributed by atoms with Crippen molar-refractivity contribution in [1.29, 1.82) is 0 Å². The molecule has 0 spiro atoms. The topological polar surface area (TPSA) is 17.1 Å². The summed E-state index contributed by atoms with van der Waals surface area (Å²) in [6, 6.07) is 0. The Bertz CT molecular complexity index is 206. The van der Waals surface area contributed by atoms with Gasteiger partial charge in [-0.15, -0.1) is 23.5 Å². The maximum atomic E-state index is 11.1. The highest BCUT2D eigenvalue weighted by Gasteiger charge is 2.27. The van der Waals surface area contributed by atoms with Crippen LogP contribution in [0.1, 0.15) is 20.3 Å². The van der Waals surface area contributed by atoms with Crippen LogP contribution >= 0.6 is 23.5 Å². The molecule has 0 aromatic carbocycles. The highest BCUT2D eigenvalue weighted by atomic mass is 32.2. The van der Waals surface area contributed by atoms with Gasteiger partial charge in [0, 0.05) is 21.5 Å². The van der Waals surface area contributed by atoms with Gasteiger partial charge in [0.2, 0.25) is 0 Å². The number of allylic oxidation sites excluding steroid dienone is 1. The summed E-state index contributed by atoms with van der Waals surface area (Å²) in [5, 5.41) is 0. The van der Waals surface area contributed by atoms with E-state index in [-0.39, 0.29) is 10.5 Å². The Kier molecular flexibility index (Phi) is 2.70. The van der Waals surface area contributed by atoms with Gasteiger partial charge in [-0.3, -0.25) is 4.79 Å². The van der Waals surface area contributed by atoms with Crippen molar-refractivity contribution in [3.05, 3.63) is 10.3 Å². The van der Waals surface area contributed by atoms with Crippen molar-refractivity contribution in [1.82, 2.24) is 0 Å². The molecule has 0 aromatic heterocycles. The molecule has 1 nitrogen and oxygen atoms in total. The van der Waals surface area contributed by atoms with Crippen LogP contribution in [-0.2, 0) is 4.79 Å². The summed E-state index contributed by atoms with van der Waals surface area (Å²) in [5.41, 5.74) is 0. The molecule has 0 saturated heterocycles. The molecule has 1 heterocycles.